The van der Waals surface area contributed by atoms with E-state index in [1.165, 1.54) is 19.3 Å². The molecule has 0 aromatic carbocycles. The molecule has 0 spiro atoms. The fourth-order valence-electron chi connectivity index (χ4n) is 1.62. The fourth-order valence-corrected chi connectivity index (χ4v) is 1.62. The maximum atomic E-state index is 5.15. The average molecular weight is 170 g/mol. The molecule has 0 aromatic rings. The van der Waals surface area contributed by atoms with E-state index in [2.05, 4.69) is 12.2 Å². The van der Waals surface area contributed by atoms with E-state index in [1.807, 2.05) is 0 Å². The first kappa shape index (κ1) is 9.75. The molecule has 0 bridgehead atoms. The van der Waals surface area contributed by atoms with Crippen LogP contribution in [0.25, 0.3) is 0 Å². The molecule has 0 saturated heterocycles. The second-order valence-corrected chi connectivity index (χ2v) is 3.26. The lowest BCUT2D eigenvalue weighted by Gasteiger charge is -2.20. The first-order valence-electron chi connectivity index (χ1n) is 4.59. The molecule has 2 nitrogen and oxygen atoms in total. The fraction of sp³-hybridized carbons (Fsp3) is 0.800. The van der Waals surface area contributed by atoms with Crippen molar-refractivity contribution in [2.45, 2.75) is 32.0 Å². The summed E-state index contributed by atoms with van der Waals surface area (Å²) in [5.74, 6) is 0.656. The number of hydrogen-bond donors (Lipinski definition) is 0. The molecule has 1 atom stereocenters. The van der Waals surface area contributed by atoms with Crippen LogP contribution in [0.2, 0.25) is 0 Å². The molecule has 0 aliphatic heterocycles. The van der Waals surface area contributed by atoms with Crippen LogP contribution < -0.4 is 0 Å². The van der Waals surface area contributed by atoms with E-state index in [4.69, 9.17) is 9.47 Å². The van der Waals surface area contributed by atoms with Crippen molar-refractivity contribution < 1.29 is 9.47 Å². The van der Waals surface area contributed by atoms with E-state index in [0.29, 0.717) is 5.92 Å². The molecule has 1 aliphatic carbocycles. The Balaban J connectivity index is 2.28. The van der Waals surface area contributed by atoms with Crippen molar-refractivity contribution in [3.05, 3.63) is 12.2 Å². The number of ether oxygens (including phenoxy) is 2. The molecule has 0 aromatic heterocycles. The molecule has 1 aliphatic rings. The van der Waals surface area contributed by atoms with Gasteiger partial charge in [-0.15, -0.1) is 0 Å². The molecule has 12 heavy (non-hydrogen) atoms. The Morgan fingerprint density at radius 1 is 1.42 bits per heavy atom. The minimum absolute atomic E-state index is 0.0299. The predicted octanol–water partition coefficient (Wildman–Crippen LogP) is 2.35. The van der Waals surface area contributed by atoms with Gasteiger partial charge in [0.05, 0.1) is 0 Å². The van der Waals surface area contributed by atoms with Crippen LogP contribution >= 0.6 is 0 Å². The molecule has 2 heteroatoms. The van der Waals surface area contributed by atoms with E-state index in [1.54, 1.807) is 14.2 Å². The van der Waals surface area contributed by atoms with Gasteiger partial charge in [0.1, 0.15) is 0 Å². The number of rotatable bonds is 4. The Labute approximate surface area is 74.6 Å². The second kappa shape index (κ2) is 5.33. The van der Waals surface area contributed by atoms with Crippen LogP contribution in [0.1, 0.15) is 25.7 Å². The lowest BCUT2D eigenvalue weighted by molar-refractivity contribution is -0.112. The summed E-state index contributed by atoms with van der Waals surface area (Å²) in [4.78, 5) is 0. The van der Waals surface area contributed by atoms with Crippen LogP contribution in [0.15, 0.2) is 12.2 Å². The summed E-state index contributed by atoms with van der Waals surface area (Å²) in [7, 11) is 3.39. The summed E-state index contributed by atoms with van der Waals surface area (Å²) in [5, 5.41) is 0. The zero-order valence-corrected chi connectivity index (χ0v) is 7.95. The van der Waals surface area contributed by atoms with Crippen molar-refractivity contribution in [3.63, 3.8) is 0 Å². The van der Waals surface area contributed by atoms with Gasteiger partial charge in [-0.05, 0) is 25.2 Å². The van der Waals surface area contributed by atoms with E-state index in [9.17, 15) is 0 Å². The molecule has 0 heterocycles. The molecule has 0 N–H and O–H groups in total. The molecule has 1 rings (SSSR count). The van der Waals surface area contributed by atoms with Gasteiger partial charge in [-0.2, -0.15) is 0 Å². The van der Waals surface area contributed by atoms with Crippen LogP contribution in [0.5, 0.6) is 0 Å². The highest BCUT2D eigenvalue weighted by Gasteiger charge is 2.14. The summed E-state index contributed by atoms with van der Waals surface area (Å²) < 4.78 is 10.3. The molecule has 0 fully saturated rings. The topological polar surface area (TPSA) is 18.5 Å². The van der Waals surface area contributed by atoms with Gasteiger partial charge in [0.15, 0.2) is 6.29 Å². The molecule has 0 saturated carbocycles. The van der Waals surface area contributed by atoms with Gasteiger partial charge in [-0.25, -0.2) is 0 Å². The molecule has 1 unspecified atom stereocenters. The van der Waals surface area contributed by atoms with Crippen LogP contribution in [-0.4, -0.2) is 20.5 Å². The third kappa shape index (κ3) is 2.95. The summed E-state index contributed by atoms with van der Waals surface area (Å²) in [6, 6.07) is 0. The highest BCUT2D eigenvalue weighted by molar-refractivity contribution is 4.93. The van der Waals surface area contributed by atoms with Gasteiger partial charge in [0.2, 0.25) is 0 Å². The number of hydrogen-bond acceptors (Lipinski definition) is 2. The minimum atomic E-state index is -0.0299. The van der Waals surface area contributed by atoms with E-state index in [0.717, 1.165) is 6.42 Å². The van der Waals surface area contributed by atoms with E-state index in [-0.39, 0.29) is 6.29 Å². The monoisotopic (exact) mass is 170 g/mol. The zero-order valence-electron chi connectivity index (χ0n) is 7.95. The van der Waals surface area contributed by atoms with Crippen molar-refractivity contribution in [1.29, 1.82) is 0 Å². The third-order valence-electron chi connectivity index (χ3n) is 2.37. The highest BCUT2D eigenvalue weighted by Crippen LogP contribution is 2.22. The van der Waals surface area contributed by atoms with Crippen molar-refractivity contribution in [2.75, 3.05) is 14.2 Å². The SMILES string of the molecule is COC(CC1C=CCCC1)OC. The van der Waals surface area contributed by atoms with Crippen molar-refractivity contribution >= 4 is 0 Å². The largest absolute Gasteiger partial charge is 0.356 e. The molecular formula is C10H18O2. The Hall–Kier alpha value is -0.340. The maximum absolute atomic E-state index is 5.15. The van der Waals surface area contributed by atoms with Gasteiger partial charge in [0.25, 0.3) is 0 Å². The highest BCUT2D eigenvalue weighted by atomic mass is 16.7. The van der Waals surface area contributed by atoms with Crippen LogP contribution in [0.4, 0.5) is 0 Å². The second-order valence-electron chi connectivity index (χ2n) is 3.26. The van der Waals surface area contributed by atoms with E-state index >= 15 is 0 Å². The summed E-state index contributed by atoms with van der Waals surface area (Å²) in [6.07, 6.45) is 9.33. The lowest BCUT2D eigenvalue weighted by Crippen LogP contribution is -2.18. The number of methoxy groups -OCH3 is 2. The first-order valence-corrected chi connectivity index (χ1v) is 4.59. The van der Waals surface area contributed by atoms with Crippen molar-refractivity contribution in [3.8, 4) is 0 Å². The Morgan fingerprint density at radius 2 is 2.17 bits per heavy atom. The zero-order chi connectivity index (χ0) is 8.81. The predicted molar refractivity (Wildman–Crippen MR) is 48.9 cm³/mol. The molecule has 0 radical (unpaired) electrons. The Bertz CT molecular complexity index is 139. The van der Waals surface area contributed by atoms with E-state index < -0.39 is 0 Å². The number of allylic oxidation sites excluding steroid dienone is 2. The van der Waals surface area contributed by atoms with Gasteiger partial charge < -0.3 is 9.47 Å². The lowest BCUT2D eigenvalue weighted by atomic mass is 9.93. The molecule has 0 amide bonds. The van der Waals surface area contributed by atoms with Gasteiger partial charge in [-0.3, -0.25) is 0 Å². The van der Waals surface area contributed by atoms with Crippen LogP contribution in [-0.2, 0) is 9.47 Å². The Kier molecular flexibility index (Phi) is 4.33. The van der Waals surface area contributed by atoms with Gasteiger partial charge in [-0.1, -0.05) is 12.2 Å². The quantitative estimate of drug-likeness (QED) is 0.476. The van der Waals surface area contributed by atoms with Gasteiger partial charge in [0, 0.05) is 20.6 Å². The standard InChI is InChI=1S/C10H18O2/c1-11-10(12-2)8-9-6-4-3-5-7-9/h4,6,9-10H,3,5,7-8H2,1-2H3. The summed E-state index contributed by atoms with van der Waals surface area (Å²) >= 11 is 0. The van der Waals surface area contributed by atoms with Crippen LogP contribution in [0.3, 0.4) is 0 Å². The Morgan fingerprint density at radius 3 is 2.67 bits per heavy atom. The normalized spacial score (nSPS) is 23.4. The third-order valence-corrected chi connectivity index (χ3v) is 2.37. The smallest absolute Gasteiger partial charge is 0.157 e. The summed E-state index contributed by atoms with van der Waals surface area (Å²) in [5.41, 5.74) is 0. The first-order chi connectivity index (χ1) is 5.86. The summed E-state index contributed by atoms with van der Waals surface area (Å²) in [6.45, 7) is 0. The van der Waals surface area contributed by atoms with Gasteiger partial charge >= 0.3 is 0 Å². The minimum Gasteiger partial charge on any atom is -0.356 e. The van der Waals surface area contributed by atoms with Crippen LogP contribution in [0, 0.1) is 5.92 Å². The average Bonchev–Trinajstić information content (AvgIpc) is 2.16. The van der Waals surface area contributed by atoms with Crippen molar-refractivity contribution in [1.82, 2.24) is 0 Å². The van der Waals surface area contributed by atoms with Crippen molar-refractivity contribution in [2.24, 2.45) is 5.92 Å². The molecular weight excluding hydrogens is 152 g/mol. The maximum Gasteiger partial charge on any atom is 0.157 e. The molecule has 70 valence electrons.